The molecule has 4 rings (SSSR count). The van der Waals surface area contributed by atoms with Gasteiger partial charge in [0.05, 0.1) is 12.2 Å². The molecule has 6 unspecified atom stereocenters. The van der Waals surface area contributed by atoms with Crippen LogP contribution >= 0.6 is 0 Å². The minimum Gasteiger partial charge on any atom is -0.460 e. The van der Waals surface area contributed by atoms with Gasteiger partial charge in [-0.2, -0.15) is 0 Å². The second-order valence-corrected chi connectivity index (χ2v) is 7.10. The molecular weight excluding hydrogens is 252 g/mol. The van der Waals surface area contributed by atoms with Crippen LogP contribution in [0.25, 0.3) is 0 Å². The van der Waals surface area contributed by atoms with E-state index in [4.69, 9.17) is 9.47 Å². The smallest absolute Gasteiger partial charge is 0.330 e. The van der Waals surface area contributed by atoms with Crippen LogP contribution in [0.2, 0.25) is 0 Å². The quantitative estimate of drug-likeness (QED) is 0.440. The van der Waals surface area contributed by atoms with E-state index in [9.17, 15) is 4.79 Å². The molecule has 0 radical (unpaired) electrons. The summed E-state index contributed by atoms with van der Waals surface area (Å²) in [6.07, 6.45) is 9.63. The van der Waals surface area contributed by atoms with Crippen LogP contribution in [-0.4, -0.2) is 24.8 Å². The van der Waals surface area contributed by atoms with Crippen molar-refractivity contribution in [1.82, 2.24) is 0 Å². The molecule has 6 atom stereocenters. The predicted molar refractivity (Wildman–Crippen MR) is 75.0 cm³/mol. The number of rotatable bonds is 5. The molecule has 3 nitrogen and oxygen atoms in total. The van der Waals surface area contributed by atoms with E-state index in [1.165, 1.54) is 44.6 Å². The highest BCUT2D eigenvalue weighted by atomic mass is 16.6. The lowest BCUT2D eigenvalue weighted by Crippen LogP contribution is -2.36. The molecule has 110 valence electrons. The molecule has 0 bridgehead atoms. The predicted octanol–water partition coefficient (Wildman–Crippen LogP) is 2.95. The highest BCUT2D eigenvalue weighted by molar-refractivity contribution is 5.81. The van der Waals surface area contributed by atoms with Crippen molar-refractivity contribution in [2.45, 2.75) is 44.1 Å². The van der Waals surface area contributed by atoms with E-state index in [2.05, 4.69) is 6.58 Å². The Hall–Kier alpha value is -0.830. The summed E-state index contributed by atoms with van der Waals surface area (Å²) in [5, 5.41) is 0. The Bertz CT molecular complexity index is 432. The summed E-state index contributed by atoms with van der Waals surface area (Å²) in [6, 6.07) is 0. The lowest BCUT2D eigenvalue weighted by Gasteiger charge is -2.38. The van der Waals surface area contributed by atoms with Crippen molar-refractivity contribution in [3.8, 4) is 0 Å². The van der Waals surface area contributed by atoms with Gasteiger partial charge in [-0.3, -0.25) is 0 Å². The molecule has 0 heterocycles. The van der Waals surface area contributed by atoms with Gasteiger partial charge in [0.2, 0.25) is 0 Å². The lowest BCUT2D eigenvalue weighted by atomic mass is 9.69. The molecular formula is C17H24O3. The topological polar surface area (TPSA) is 35.5 Å². The molecule has 3 heteroatoms. The number of esters is 1. The number of carbonyl (C=O) groups excluding carboxylic acids is 1. The fourth-order valence-corrected chi connectivity index (χ4v) is 5.40. The zero-order chi connectivity index (χ0) is 13.7. The van der Waals surface area contributed by atoms with Gasteiger partial charge in [-0.05, 0) is 55.3 Å². The fraction of sp³-hybridized carbons (Fsp3) is 0.824. The van der Waals surface area contributed by atoms with Gasteiger partial charge in [0.15, 0.2) is 0 Å². The first-order chi connectivity index (χ1) is 9.76. The average molecular weight is 276 g/mol. The summed E-state index contributed by atoms with van der Waals surface area (Å²) < 4.78 is 11.3. The molecule has 4 fully saturated rings. The van der Waals surface area contributed by atoms with E-state index >= 15 is 0 Å². The van der Waals surface area contributed by atoms with Gasteiger partial charge in [0.25, 0.3) is 0 Å². The Morgan fingerprint density at radius 2 is 1.95 bits per heavy atom. The Morgan fingerprint density at radius 3 is 2.75 bits per heavy atom. The number of fused-ring (bicyclic) bond motifs is 6. The van der Waals surface area contributed by atoms with Crippen molar-refractivity contribution < 1.29 is 14.3 Å². The first-order valence-electron chi connectivity index (χ1n) is 8.19. The lowest BCUT2D eigenvalue weighted by molar-refractivity contribution is -0.141. The summed E-state index contributed by atoms with van der Waals surface area (Å²) in [5.74, 6) is 4.18. The van der Waals surface area contributed by atoms with Crippen LogP contribution in [0.1, 0.15) is 38.5 Å². The van der Waals surface area contributed by atoms with Crippen molar-refractivity contribution >= 4 is 5.97 Å². The minimum atomic E-state index is -0.348. The van der Waals surface area contributed by atoms with Gasteiger partial charge in [-0.1, -0.05) is 19.4 Å². The van der Waals surface area contributed by atoms with Gasteiger partial charge >= 0.3 is 5.97 Å². The molecule has 4 aliphatic carbocycles. The second kappa shape index (κ2) is 4.59. The Morgan fingerprint density at radius 1 is 1.15 bits per heavy atom. The first kappa shape index (κ1) is 12.9. The average Bonchev–Trinajstić information content (AvgIpc) is 3.35. The molecule has 0 saturated heterocycles. The molecule has 4 aliphatic rings. The monoisotopic (exact) mass is 276 g/mol. The van der Waals surface area contributed by atoms with Crippen molar-refractivity contribution in [1.29, 1.82) is 0 Å². The zero-order valence-electron chi connectivity index (χ0n) is 12.1. The van der Waals surface area contributed by atoms with Crippen molar-refractivity contribution in [2.75, 3.05) is 13.2 Å². The minimum absolute atomic E-state index is 0.184. The highest BCUT2D eigenvalue weighted by Crippen LogP contribution is 2.75. The second-order valence-electron chi connectivity index (χ2n) is 7.10. The van der Waals surface area contributed by atoms with Crippen LogP contribution in [0.3, 0.4) is 0 Å². The number of ether oxygens (including phenoxy) is 2. The normalized spacial score (nSPS) is 47.5. The molecule has 0 N–H and O–H groups in total. The molecule has 0 aromatic carbocycles. The van der Waals surface area contributed by atoms with Gasteiger partial charge in [0.1, 0.15) is 6.61 Å². The van der Waals surface area contributed by atoms with E-state index in [1.54, 1.807) is 0 Å². The van der Waals surface area contributed by atoms with Crippen LogP contribution in [0.4, 0.5) is 0 Å². The van der Waals surface area contributed by atoms with Crippen molar-refractivity contribution in [3.05, 3.63) is 12.7 Å². The van der Waals surface area contributed by atoms with Crippen LogP contribution in [0, 0.1) is 29.6 Å². The maximum absolute atomic E-state index is 11.0. The summed E-state index contributed by atoms with van der Waals surface area (Å²) in [7, 11) is 0. The van der Waals surface area contributed by atoms with Crippen molar-refractivity contribution in [2.24, 2.45) is 29.6 Å². The number of carbonyl (C=O) groups is 1. The molecule has 0 spiro atoms. The molecule has 20 heavy (non-hydrogen) atoms. The SMILES string of the molecule is C=CC(=O)OCCOC12CC1C1CCCCC1C1CC12. The van der Waals surface area contributed by atoms with E-state index in [0.29, 0.717) is 13.2 Å². The van der Waals surface area contributed by atoms with E-state index in [-0.39, 0.29) is 11.6 Å². The number of hydrogen-bond donors (Lipinski definition) is 0. The van der Waals surface area contributed by atoms with Crippen LogP contribution in [-0.2, 0) is 14.3 Å². The van der Waals surface area contributed by atoms with Crippen LogP contribution < -0.4 is 0 Å². The first-order valence-corrected chi connectivity index (χ1v) is 8.19. The molecule has 0 aromatic heterocycles. The Kier molecular flexibility index (Phi) is 2.95. The maximum Gasteiger partial charge on any atom is 0.330 e. The van der Waals surface area contributed by atoms with Gasteiger partial charge in [-0.15, -0.1) is 0 Å². The third kappa shape index (κ3) is 1.86. The van der Waals surface area contributed by atoms with Crippen LogP contribution in [0.15, 0.2) is 12.7 Å². The maximum atomic E-state index is 11.0. The van der Waals surface area contributed by atoms with Crippen LogP contribution in [0.5, 0.6) is 0 Å². The fourth-order valence-electron chi connectivity index (χ4n) is 5.40. The van der Waals surface area contributed by atoms with E-state index in [1.807, 2.05) is 0 Å². The Balaban J connectivity index is 1.34. The van der Waals surface area contributed by atoms with E-state index < -0.39 is 0 Å². The number of hydrogen-bond acceptors (Lipinski definition) is 3. The molecule has 4 saturated carbocycles. The summed E-state index contributed by atoms with van der Waals surface area (Å²) in [4.78, 5) is 11.0. The van der Waals surface area contributed by atoms with E-state index in [0.717, 1.165) is 29.6 Å². The summed E-state index contributed by atoms with van der Waals surface area (Å²) in [6.45, 7) is 4.32. The third-order valence-electron chi connectivity index (χ3n) is 6.28. The van der Waals surface area contributed by atoms with Gasteiger partial charge in [0, 0.05) is 6.08 Å². The summed E-state index contributed by atoms with van der Waals surface area (Å²) >= 11 is 0. The standard InChI is InChI=1S/C17H24O3/c1-2-16(18)19-7-8-20-17-10-15(17)12-6-4-3-5-11(12)13-9-14(13)17/h2,11-15H,1,3-10H2. The largest absolute Gasteiger partial charge is 0.460 e. The third-order valence-corrected chi connectivity index (χ3v) is 6.28. The highest BCUT2D eigenvalue weighted by Gasteiger charge is 2.75. The molecule has 0 amide bonds. The van der Waals surface area contributed by atoms with Gasteiger partial charge in [-0.25, -0.2) is 4.79 Å². The molecule has 0 aromatic rings. The summed E-state index contributed by atoms with van der Waals surface area (Å²) in [5.41, 5.74) is 0.184. The Labute approximate surface area is 120 Å². The molecule has 0 aliphatic heterocycles. The van der Waals surface area contributed by atoms with Crippen molar-refractivity contribution in [3.63, 3.8) is 0 Å². The zero-order valence-corrected chi connectivity index (χ0v) is 12.1. The van der Waals surface area contributed by atoms with Gasteiger partial charge < -0.3 is 9.47 Å².